The number of hydrogen-bond acceptors (Lipinski definition) is 3. The molecular formula is C17H11BrN2O2. The van der Waals surface area contributed by atoms with Gasteiger partial charge in [-0.2, -0.15) is 0 Å². The fourth-order valence-corrected chi connectivity index (χ4v) is 2.81. The number of nitrogens with zero attached hydrogens (tertiary/aromatic N) is 1. The summed E-state index contributed by atoms with van der Waals surface area (Å²) in [5.74, 6) is 0.751. The number of aromatic nitrogens is 2. The van der Waals surface area contributed by atoms with Gasteiger partial charge in [-0.25, -0.2) is 9.78 Å². The minimum Gasteiger partial charge on any atom is -0.421 e. The Bertz CT molecular complexity index is 1030. The van der Waals surface area contributed by atoms with Gasteiger partial charge in [0.1, 0.15) is 16.9 Å². The third-order valence-corrected chi connectivity index (χ3v) is 4.12. The standard InChI is InChI=1S/C17H11BrN2O2/c18-11-7-5-10(6-8-11)9-14-19-15-12-3-1-2-4-13(12)22-17(21)16(15)20-14/h1-8H,9H2,(H,19,20). The molecule has 2 aromatic carbocycles. The van der Waals surface area contributed by atoms with Crippen LogP contribution in [0.3, 0.4) is 0 Å². The van der Waals surface area contributed by atoms with E-state index in [1.54, 1.807) is 6.07 Å². The Kier molecular flexibility index (Phi) is 3.08. The summed E-state index contributed by atoms with van der Waals surface area (Å²) in [4.78, 5) is 19.7. The number of H-pyrrole nitrogens is 1. The fraction of sp³-hybridized carbons (Fsp3) is 0.0588. The molecule has 0 amide bonds. The normalized spacial score (nSPS) is 11.3. The van der Waals surface area contributed by atoms with E-state index in [1.807, 2.05) is 42.5 Å². The zero-order chi connectivity index (χ0) is 15.1. The summed E-state index contributed by atoms with van der Waals surface area (Å²) < 4.78 is 6.36. The third kappa shape index (κ3) is 2.23. The van der Waals surface area contributed by atoms with Crippen LogP contribution in [0.1, 0.15) is 11.4 Å². The second-order valence-electron chi connectivity index (χ2n) is 5.10. The number of fused-ring (bicyclic) bond motifs is 3. The molecule has 0 spiro atoms. The highest BCUT2D eigenvalue weighted by molar-refractivity contribution is 9.10. The smallest absolute Gasteiger partial charge is 0.362 e. The predicted molar refractivity (Wildman–Crippen MR) is 89.1 cm³/mol. The number of rotatable bonds is 2. The number of benzene rings is 2. The van der Waals surface area contributed by atoms with Gasteiger partial charge in [-0.1, -0.05) is 40.2 Å². The second kappa shape index (κ2) is 5.10. The summed E-state index contributed by atoms with van der Waals surface area (Å²) in [6.07, 6.45) is 0.635. The van der Waals surface area contributed by atoms with Gasteiger partial charge in [-0.05, 0) is 29.8 Å². The molecule has 0 fully saturated rings. The van der Waals surface area contributed by atoms with Crippen molar-refractivity contribution in [1.82, 2.24) is 9.97 Å². The number of nitrogens with one attached hydrogen (secondary N) is 1. The Morgan fingerprint density at radius 3 is 2.68 bits per heavy atom. The van der Waals surface area contributed by atoms with Gasteiger partial charge in [0, 0.05) is 16.3 Å². The summed E-state index contributed by atoms with van der Waals surface area (Å²) >= 11 is 3.42. The summed E-state index contributed by atoms with van der Waals surface area (Å²) in [5, 5.41) is 0.843. The highest BCUT2D eigenvalue weighted by Crippen LogP contribution is 2.21. The zero-order valence-corrected chi connectivity index (χ0v) is 13.1. The Morgan fingerprint density at radius 2 is 1.86 bits per heavy atom. The first-order valence-electron chi connectivity index (χ1n) is 6.85. The molecule has 0 atom stereocenters. The summed E-state index contributed by atoms with van der Waals surface area (Å²) in [6, 6.07) is 15.5. The monoisotopic (exact) mass is 354 g/mol. The molecule has 4 nitrogen and oxygen atoms in total. The van der Waals surface area contributed by atoms with E-state index in [2.05, 4.69) is 25.9 Å². The average Bonchev–Trinajstić information content (AvgIpc) is 2.94. The van der Waals surface area contributed by atoms with Gasteiger partial charge in [-0.15, -0.1) is 0 Å². The molecule has 2 aromatic heterocycles. The molecule has 5 heteroatoms. The van der Waals surface area contributed by atoms with Crippen molar-refractivity contribution >= 4 is 37.9 Å². The van der Waals surface area contributed by atoms with Gasteiger partial charge in [0.25, 0.3) is 0 Å². The van der Waals surface area contributed by atoms with Gasteiger partial charge in [0.2, 0.25) is 0 Å². The number of aromatic amines is 1. The van der Waals surface area contributed by atoms with Gasteiger partial charge in [0.05, 0.1) is 0 Å². The lowest BCUT2D eigenvalue weighted by Gasteiger charge is -1.97. The molecular weight excluding hydrogens is 344 g/mol. The van der Waals surface area contributed by atoms with Gasteiger partial charge >= 0.3 is 5.63 Å². The maximum absolute atomic E-state index is 12.1. The van der Waals surface area contributed by atoms with Crippen LogP contribution >= 0.6 is 15.9 Å². The van der Waals surface area contributed by atoms with Crippen molar-refractivity contribution < 1.29 is 4.42 Å². The number of hydrogen-bond donors (Lipinski definition) is 1. The van der Waals surface area contributed by atoms with Crippen LogP contribution in [0.25, 0.3) is 22.0 Å². The molecule has 1 N–H and O–H groups in total. The molecule has 0 unspecified atom stereocenters. The minimum atomic E-state index is -0.386. The van der Waals surface area contributed by atoms with Crippen LogP contribution in [0.2, 0.25) is 0 Å². The molecule has 0 aliphatic heterocycles. The highest BCUT2D eigenvalue weighted by Gasteiger charge is 2.12. The van der Waals surface area contributed by atoms with Gasteiger partial charge in [-0.3, -0.25) is 0 Å². The SMILES string of the molecule is O=c1oc2ccccc2c2nc(Cc3ccc(Br)cc3)[nH]c12. The van der Waals surface area contributed by atoms with Crippen molar-refractivity contribution in [3.63, 3.8) is 0 Å². The lowest BCUT2D eigenvalue weighted by molar-refractivity contribution is 0.568. The molecule has 0 saturated heterocycles. The Balaban J connectivity index is 1.86. The molecule has 0 radical (unpaired) electrons. The van der Waals surface area contributed by atoms with Crippen LogP contribution in [-0.2, 0) is 6.42 Å². The predicted octanol–water partition coefficient (Wildman–Crippen LogP) is 4.02. The van der Waals surface area contributed by atoms with Crippen LogP contribution < -0.4 is 5.63 Å². The van der Waals surface area contributed by atoms with E-state index < -0.39 is 0 Å². The number of halogens is 1. The average molecular weight is 355 g/mol. The first-order valence-corrected chi connectivity index (χ1v) is 7.65. The van der Waals surface area contributed by atoms with Crippen molar-refractivity contribution in [1.29, 1.82) is 0 Å². The Morgan fingerprint density at radius 1 is 1.09 bits per heavy atom. The number of imidazole rings is 1. The van der Waals surface area contributed by atoms with Crippen molar-refractivity contribution in [2.75, 3.05) is 0 Å². The maximum Gasteiger partial charge on any atom is 0.362 e. The van der Waals surface area contributed by atoms with E-state index >= 15 is 0 Å². The van der Waals surface area contributed by atoms with Gasteiger partial charge < -0.3 is 9.40 Å². The quantitative estimate of drug-likeness (QED) is 0.553. The molecule has 0 aliphatic carbocycles. The molecule has 108 valence electrons. The third-order valence-electron chi connectivity index (χ3n) is 3.59. The van der Waals surface area contributed by atoms with Crippen molar-refractivity contribution in [2.45, 2.75) is 6.42 Å². The summed E-state index contributed by atoms with van der Waals surface area (Å²) in [7, 11) is 0. The summed E-state index contributed by atoms with van der Waals surface area (Å²) in [5.41, 5.74) is 2.38. The van der Waals surface area contributed by atoms with Crippen LogP contribution in [-0.4, -0.2) is 9.97 Å². The van der Waals surface area contributed by atoms with Crippen molar-refractivity contribution in [2.24, 2.45) is 0 Å². The first kappa shape index (κ1) is 13.3. The van der Waals surface area contributed by atoms with E-state index in [0.717, 1.165) is 21.2 Å². The topological polar surface area (TPSA) is 58.9 Å². The lowest BCUT2D eigenvalue weighted by atomic mass is 10.1. The molecule has 4 aromatic rings. The second-order valence-corrected chi connectivity index (χ2v) is 6.01. The molecule has 0 saturated carbocycles. The largest absolute Gasteiger partial charge is 0.421 e. The maximum atomic E-state index is 12.1. The van der Waals surface area contributed by atoms with Crippen LogP contribution in [0.5, 0.6) is 0 Å². The lowest BCUT2D eigenvalue weighted by Crippen LogP contribution is -1.99. The van der Waals surface area contributed by atoms with E-state index in [1.165, 1.54) is 0 Å². The Hall–Kier alpha value is -2.40. The molecule has 2 heterocycles. The Labute approximate surface area is 133 Å². The molecule has 4 rings (SSSR count). The highest BCUT2D eigenvalue weighted by atomic mass is 79.9. The molecule has 0 bridgehead atoms. The molecule has 22 heavy (non-hydrogen) atoms. The van der Waals surface area contributed by atoms with Crippen LogP contribution in [0.15, 0.2) is 62.2 Å². The van der Waals surface area contributed by atoms with E-state index in [4.69, 9.17) is 4.42 Å². The number of para-hydroxylation sites is 1. The van der Waals surface area contributed by atoms with E-state index in [0.29, 0.717) is 23.0 Å². The summed E-state index contributed by atoms with van der Waals surface area (Å²) in [6.45, 7) is 0. The zero-order valence-electron chi connectivity index (χ0n) is 11.5. The van der Waals surface area contributed by atoms with E-state index in [-0.39, 0.29) is 5.63 Å². The fourth-order valence-electron chi connectivity index (χ4n) is 2.55. The van der Waals surface area contributed by atoms with Crippen molar-refractivity contribution in [3.8, 4) is 0 Å². The first-order chi connectivity index (χ1) is 10.7. The van der Waals surface area contributed by atoms with Crippen LogP contribution in [0, 0.1) is 0 Å². The van der Waals surface area contributed by atoms with E-state index in [9.17, 15) is 4.79 Å². The minimum absolute atomic E-state index is 0.386. The molecule has 0 aliphatic rings. The van der Waals surface area contributed by atoms with Gasteiger partial charge in [0.15, 0.2) is 5.52 Å². The van der Waals surface area contributed by atoms with Crippen LogP contribution in [0.4, 0.5) is 0 Å². The van der Waals surface area contributed by atoms with Crippen molar-refractivity contribution in [3.05, 3.63) is 74.8 Å².